The molecule has 0 N–H and O–H groups in total. The maximum atomic E-state index is 13.9. The molecule has 0 amide bonds. The molecule has 0 aromatic heterocycles. The minimum Gasteiger partial charge on any atom is -0.385 e. The van der Waals surface area contributed by atoms with Gasteiger partial charge in [-0.1, -0.05) is 0 Å². The lowest BCUT2D eigenvalue weighted by Crippen LogP contribution is -2.33. The van der Waals surface area contributed by atoms with Crippen molar-refractivity contribution in [3.8, 4) is 0 Å². The lowest BCUT2D eigenvalue weighted by molar-refractivity contribution is -0.119. The summed E-state index contributed by atoms with van der Waals surface area (Å²) in [5.74, 6) is 0.0577. The average Bonchev–Trinajstić information content (AvgIpc) is 2.47. The molecule has 1 aliphatic heterocycles. The number of carbonyl (C=O) groups is 1. The number of halogens is 1. The van der Waals surface area contributed by atoms with Crippen LogP contribution >= 0.6 is 11.9 Å². The highest BCUT2D eigenvalue weighted by Gasteiger charge is 2.17. The average molecular weight is 326 g/mol. The standard InChI is InChI=1S/C16H23FN2O2S/c1-18(6-3-9-21-2)22-16-11-13(17)10-14(12-16)19-7-4-15(20)5-8-19/h10-12H,3-9H2,1-2H3. The van der Waals surface area contributed by atoms with Gasteiger partial charge in [-0.3, -0.25) is 4.79 Å². The van der Waals surface area contributed by atoms with E-state index in [-0.39, 0.29) is 5.82 Å². The Morgan fingerprint density at radius 2 is 2.05 bits per heavy atom. The quantitative estimate of drug-likeness (QED) is 0.568. The Morgan fingerprint density at radius 3 is 2.73 bits per heavy atom. The molecule has 6 heteroatoms. The van der Waals surface area contributed by atoms with Crippen LogP contribution in [-0.4, -0.2) is 50.5 Å². The fraction of sp³-hybridized carbons (Fsp3) is 0.562. The topological polar surface area (TPSA) is 32.8 Å². The molecule has 0 spiro atoms. The van der Waals surface area contributed by atoms with Gasteiger partial charge in [0.05, 0.1) is 0 Å². The first-order chi connectivity index (χ1) is 10.6. The zero-order valence-corrected chi connectivity index (χ0v) is 14.0. The number of rotatable bonds is 7. The summed E-state index contributed by atoms with van der Waals surface area (Å²) in [7, 11) is 3.68. The van der Waals surface area contributed by atoms with Gasteiger partial charge >= 0.3 is 0 Å². The molecule has 0 unspecified atom stereocenters. The fourth-order valence-electron chi connectivity index (χ4n) is 2.45. The van der Waals surface area contributed by atoms with Crippen molar-refractivity contribution in [2.45, 2.75) is 24.2 Å². The SMILES string of the molecule is COCCCN(C)Sc1cc(F)cc(N2CCC(=O)CC2)c1. The summed E-state index contributed by atoms with van der Waals surface area (Å²) in [4.78, 5) is 14.3. The molecule has 1 heterocycles. The van der Waals surface area contributed by atoms with Gasteiger partial charge in [-0.15, -0.1) is 0 Å². The summed E-state index contributed by atoms with van der Waals surface area (Å²) >= 11 is 1.53. The van der Waals surface area contributed by atoms with Crippen LogP contribution in [0.5, 0.6) is 0 Å². The third-order valence-corrected chi connectivity index (χ3v) is 4.57. The van der Waals surface area contributed by atoms with Gasteiger partial charge in [0.15, 0.2) is 0 Å². The molecule has 1 aromatic carbocycles. The van der Waals surface area contributed by atoms with Gasteiger partial charge in [-0.25, -0.2) is 8.70 Å². The Bertz CT molecular complexity index is 503. The molecule has 0 atom stereocenters. The summed E-state index contributed by atoms with van der Waals surface area (Å²) in [5, 5.41) is 0. The Hall–Kier alpha value is -1.11. The van der Waals surface area contributed by atoms with Crippen LogP contribution in [0.3, 0.4) is 0 Å². The van der Waals surface area contributed by atoms with E-state index in [0.29, 0.717) is 31.7 Å². The van der Waals surface area contributed by atoms with E-state index < -0.39 is 0 Å². The van der Waals surface area contributed by atoms with E-state index in [4.69, 9.17) is 4.74 Å². The van der Waals surface area contributed by atoms with Gasteiger partial charge in [0.1, 0.15) is 11.6 Å². The molecule has 4 nitrogen and oxygen atoms in total. The van der Waals surface area contributed by atoms with Gasteiger partial charge in [-0.05, 0) is 43.6 Å². The Kier molecular flexibility index (Phi) is 6.67. The Labute approximate surface area is 135 Å². The molecule has 1 fully saturated rings. The van der Waals surface area contributed by atoms with Crippen molar-refractivity contribution in [2.75, 3.05) is 45.3 Å². The summed E-state index contributed by atoms with van der Waals surface area (Å²) in [6.07, 6.45) is 2.04. The van der Waals surface area contributed by atoms with Crippen molar-refractivity contribution in [1.82, 2.24) is 4.31 Å². The van der Waals surface area contributed by atoms with Crippen LogP contribution in [0.2, 0.25) is 0 Å². The van der Waals surface area contributed by atoms with Crippen molar-refractivity contribution < 1.29 is 13.9 Å². The van der Waals surface area contributed by atoms with Crippen LogP contribution < -0.4 is 4.90 Å². The van der Waals surface area contributed by atoms with Gasteiger partial charge in [0.25, 0.3) is 0 Å². The molecule has 0 bridgehead atoms. The predicted molar refractivity (Wildman–Crippen MR) is 87.8 cm³/mol. The molecule has 1 aromatic rings. The first-order valence-electron chi connectivity index (χ1n) is 7.54. The van der Waals surface area contributed by atoms with Crippen molar-refractivity contribution in [2.24, 2.45) is 0 Å². The highest BCUT2D eigenvalue weighted by molar-refractivity contribution is 7.97. The summed E-state index contributed by atoms with van der Waals surface area (Å²) < 4.78 is 21.0. The maximum absolute atomic E-state index is 13.9. The lowest BCUT2D eigenvalue weighted by Gasteiger charge is -2.28. The largest absolute Gasteiger partial charge is 0.385 e. The van der Waals surface area contributed by atoms with E-state index in [1.54, 1.807) is 19.2 Å². The van der Waals surface area contributed by atoms with Crippen LogP contribution in [0.4, 0.5) is 10.1 Å². The number of piperidine rings is 1. The first kappa shape index (κ1) is 17.2. The van der Waals surface area contributed by atoms with Crippen LogP contribution in [-0.2, 0) is 9.53 Å². The number of nitrogens with zero attached hydrogens (tertiary/aromatic N) is 2. The molecule has 2 rings (SSSR count). The number of ether oxygens (including phenoxy) is 1. The molecule has 1 aliphatic rings. The molecule has 0 saturated carbocycles. The molecule has 0 aliphatic carbocycles. The molecular formula is C16H23FN2O2S. The Balaban J connectivity index is 1.98. The van der Waals surface area contributed by atoms with E-state index in [1.807, 2.05) is 13.1 Å². The van der Waals surface area contributed by atoms with Crippen LogP contribution in [0.25, 0.3) is 0 Å². The minimum atomic E-state index is -0.234. The van der Waals surface area contributed by atoms with Gasteiger partial charge in [-0.2, -0.15) is 0 Å². The second kappa shape index (κ2) is 8.50. The Morgan fingerprint density at radius 1 is 1.32 bits per heavy atom. The van der Waals surface area contributed by atoms with Crippen LogP contribution in [0.1, 0.15) is 19.3 Å². The number of carbonyl (C=O) groups excluding carboxylic acids is 1. The maximum Gasteiger partial charge on any atom is 0.136 e. The third-order valence-electron chi connectivity index (χ3n) is 3.63. The van der Waals surface area contributed by atoms with Crippen molar-refractivity contribution in [3.63, 3.8) is 0 Å². The zero-order chi connectivity index (χ0) is 15.9. The first-order valence-corrected chi connectivity index (χ1v) is 8.31. The van der Waals surface area contributed by atoms with E-state index in [1.165, 1.54) is 11.9 Å². The number of benzene rings is 1. The van der Waals surface area contributed by atoms with E-state index in [2.05, 4.69) is 9.21 Å². The predicted octanol–water partition coefficient (Wildman–Crippen LogP) is 2.97. The van der Waals surface area contributed by atoms with E-state index >= 15 is 0 Å². The number of methoxy groups -OCH3 is 1. The molecular weight excluding hydrogens is 303 g/mol. The number of hydrogen-bond acceptors (Lipinski definition) is 5. The van der Waals surface area contributed by atoms with Gasteiger partial charge in [0, 0.05) is 56.8 Å². The second-order valence-corrected chi connectivity index (χ2v) is 6.74. The van der Waals surface area contributed by atoms with Crippen molar-refractivity contribution in [3.05, 3.63) is 24.0 Å². The molecule has 22 heavy (non-hydrogen) atoms. The van der Waals surface area contributed by atoms with Crippen LogP contribution in [0.15, 0.2) is 23.1 Å². The van der Waals surface area contributed by atoms with Gasteiger partial charge < -0.3 is 9.64 Å². The monoisotopic (exact) mass is 326 g/mol. The third kappa shape index (κ3) is 5.26. The smallest absolute Gasteiger partial charge is 0.136 e. The van der Waals surface area contributed by atoms with E-state index in [0.717, 1.165) is 30.2 Å². The molecule has 122 valence electrons. The number of hydrogen-bond donors (Lipinski definition) is 0. The summed E-state index contributed by atoms with van der Waals surface area (Å²) in [6, 6.07) is 5.09. The van der Waals surface area contributed by atoms with Gasteiger partial charge in [0.2, 0.25) is 0 Å². The van der Waals surface area contributed by atoms with Crippen molar-refractivity contribution in [1.29, 1.82) is 0 Å². The zero-order valence-electron chi connectivity index (χ0n) is 13.2. The molecule has 0 radical (unpaired) electrons. The number of ketones is 1. The number of Topliss-reactive ketones (excluding diaryl/α,β-unsaturated/α-hetero) is 1. The highest BCUT2D eigenvalue weighted by Crippen LogP contribution is 2.28. The van der Waals surface area contributed by atoms with E-state index in [9.17, 15) is 9.18 Å². The summed E-state index contributed by atoms with van der Waals surface area (Å²) in [5.41, 5.74) is 0.861. The second-order valence-electron chi connectivity index (χ2n) is 5.46. The highest BCUT2D eigenvalue weighted by atomic mass is 32.2. The number of anilines is 1. The lowest BCUT2D eigenvalue weighted by atomic mass is 10.1. The molecule has 1 saturated heterocycles. The van der Waals surface area contributed by atoms with Crippen LogP contribution in [0, 0.1) is 5.82 Å². The normalized spacial score (nSPS) is 15.6. The fourth-order valence-corrected chi connectivity index (χ4v) is 3.37. The minimum absolute atomic E-state index is 0.234. The summed E-state index contributed by atoms with van der Waals surface area (Å²) in [6.45, 7) is 2.95. The van der Waals surface area contributed by atoms with Crippen molar-refractivity contribution >= 4 is 23.4 Å².